The molecule has 1 aliphatic heterocycles. The molecule has 0 radical (unpaired) electrons. The van der Waals surface area contributed by atoms with Crippen LogP contribution in [0.3, 0.4) is 0 Å². The summed E-state index contributed by atoms with van der Waals surface area (Å²) < 4.78 is 18.0. The molecule has 3 N–H and O–H groups in total. The van der Waals surface area contributed by atoms with E-state index in [0.29, 0.717) is 13.0 Å². The van der Waals surface area contributed by atoms with Crippen LogP contribution >= 0.6 is 0 Å². The van der Waals surface area contributed by atoms with Gasteiger partial charge in [0.1, 0.15) is 0 Å². The summed E-state index contributed by atoms with van der Waals surface area (Å²) >= 11 is 0. The highest BCUT2D eigenvalue weighted by Crippen LogP contribution is 2.79. The summed E-state index contributed by atoms with van der Waals surface area (Å²) in [5, 5.41) is 35.7. The van der Waals surface area contributed by atoms with E-state index in [9.17, 15) is 15.3 Å². The largest absolute Gasteiger partial charge is 0.392 e. The number of rotatable bonds is 5. The Hall–Kier alpha value is -0.280. The van der Waals surface area contributed by atoms with Crippen molar-refractivity contribution in [1.29, 1.82) is 0 Å². The number of likely N-dealkylation sites (tertiary alicyclic amines) is 1. The van der Waals surface area contributed by atoms with Crippen LogP contribution in [0, 0.1) is 40.4 Å². The topological polar surface area (TPSA) is 91.6 Å². The summed E-state index contributed by atoms with van der Waals surface area (Å²) in [6.07, 6.45) is 1.65. The van der Waals surface area contributed by atoms with Gasteiger partial charge in [-0.25, -0.2) is 0 Å². The molecule has 1 spiro atoms. The van der Waals surface area contributed by atoms with Crippen LogP contribution in [0.4, 0.5) is 0 Å². The predicted octanol–water partition coefficient (Wildman–Crippen LogP) is 0.502. The minimum atomic E-state index is -1.05. The van der Waals surface area contributed by atoms with Gasteiger partial charge in [-0.1, -0.05) is 6.92 Å². The third-order valence-corrected chi connectivity index (χ3v) is 11.1. The van der Waals surface area contributed by atoms with Gasteiger partial charge in [-0.05, 0) is 31.7 Å². The smallest absolute Gasteiger partial charge is 0.0796 e. The first-order valence-corrected chi connectivity index (χ1v) is 12.2. The third kappa shape index (κ3) is 2.12. The maximum Gasteiger partial charge on any atom is 0.0796 e. The molecule has 0 amide bonds. The number of methoxy groups -OCH3 is 3. The maximum atomic E-state index is 12.5. The molecule has 6 rings (SSSR count). The van der Waals surface area contributed by atoms with E-state index in [1.54, 1.807) is 21.3 Å². The lowest BCUT2D eigenvalue weighted by Crippen LogP contribution is -2.76. The fourth-order valence-electron chi connectivity index (χ4n) is 10.7. The average Bonchev–Trinajstić information content (AvgIpc) is 3.16. The van der Waals surface area contributed by atoms with Gasteiger partial charge >= 0.3 is 0 Å². The van der Waals surface area contributed by atoms with Crippen LogP contribution in [0.1, 0.15) is 32.6 Å². The minimum Gasteiger partial charge on any atom is -0.392 e. The van der Waals surface area contributed by atoms with Crippen molar-refractivity contribution in [3.63, 3.8) is 0 Å². The van der Waals surface area contributed by atoms with Crippen LogP contribution < -0.4 is 0 Å². The zero-order chi connectivity index (χ0) is 21.9. The molecule has 5 saturated carbocycles. The molecule has 6 fully saturated rings. The van der Waals surface area contributed by atoms with Gasteiger partial charge in [-0.2, -0.15) is 0 Å². The van der Waals surface area contributed by atoms with E-state index in [2.05, 4.69) is 11.8 Å². The number of nitrogens with zero attached hydrogens (tertiary/aromatic N) is 1. The molecule has 176 valence electrons. The lowest BCUT2D eigenvalue weighted by Gasteiger charge is -2.68. The first kappa shape index (κ1) is 21.3. The van der Waals surface area contributed by atoms with E-state index in [0.717, 1.165) is 32.4 Å². The van der Waals surface area contributed by atoms with Gasteiger partial charge in [-0.15, -0.1) is 0 Å². The molecule has 6 aliphatic rings. The maximum absolute atomic E-state index is 12.5. The highest BCUT2D eigenvalue weighted by atomic mass is 16.5. The van der Waals surface area contributed by atoms with E-state index in [1.807, 2.05) is 0 Å². The van der Waals surface area contributed by atoms with E-state index in [1.165, 1.54) is 0 Å². The van der Waals surface area contributed by atoms with Gasteiger partial charge in [0.05, 0.1) is 36.6 Å². The normalized spacial score (nSPS) is 61.6. The standard InChI is InChI=1S/C24H39NO6/c1-5-25-10-22(11-29-2)7-6-15(26)24-13-8-12-14(30-3)9-23(28,16(13)18(12)27)17(21(24)25)19(31-4)20(22)24/h12-21,26-28H,5-11H2,1-4H3/t12-,13+,14+,15-,16+,17-,18+,19-,20-,21+,22+,23-,24-/m0/s1. The van der Waals surface area contributed by atoms with Gasteiger partial charge in [-0.3, -0.25) is 4.90 Å². The highest BCUT2D eigenvalue weighted by molar-refractivity contribution is 5.35. The number of piperidine rings is 1. The lowest BCUT2D eigenvalue weighted by atomic mass is 9.43. The van der Waals surface area contributed by atoms with Crippen LogP contribution in [0.2, 0.25) is 0 Å². The molecule has 7 nitrogen and oxygen atoms in total. The molecule has 0 aromatic rings. The Morgan fingerprint density at radius 3 is 2.52 bits per heavy atom. The lowest BCUT2D eigenvalue weighted by molar-refractivity contribution is -0.272. The van der Waals surface area contributed by atoms with Gasteiger partial charge in [0.2, 0.25) is 0 Å². The monoisotopic (exact) mass is 437 g/mol. The number of aliphatic hydroxyl groups excluding tert-OH is 2. The Labute approximate surface area is 185 Å². The van der Waals surface area contributed by atoms with Crippen molar-refractivity contribution in [1.82, 2.24) is 4.90 Å². The molecule has 0 aromatic heterocycles. The van der Waals surface area contributed by atoms with Crippen LogP contribution in [-0.2, 0) is 14.2 Å². The number of hydrogen-bond acceptors (Lipinski definition) is 7. The Balaban J connectivity index is 1.62. The number of hydrogen-bond donors (Lipinski definition) is 3. The van der Waals surface area contributed by atoms with E-state index in [4.69, 9.17) is 14.2 Å². The second-order valence-corrected chi connectivity index (χ2v) is 11.6. The van der Waals surface area contributed by atoms with Gasteiger partial charge in [0, 0.05) is 74.8 Å². The quantitative estimate of drug-likeness (QED) is 0.577. The average molecular weight is 438 g/mol. The Morgan fingerprint density at radius 2 is 1.87 bits per heavy atom. The van der Waals surface area contributed by atoms with E-state index in [-0.39, 0.29) is 58.7 Å². The predicted molar refractivity (Wildman–Crippen MR) is 112 cm³/mol. The Bertz CT molecular complexity index is 752. The van der Waals surface area contributed by atoms with Crippen molar-refractivity contribution in [3.05, 3.63) is 0 Å². The molecule has 0 unspecified atom stereocenters. The van der Waals surface area contributed by atoms with Crippen molar-refractivity contribution < 1.29 is 29.5 Å². The van der Waals surface area contributed by atoms with Crippen molar-refractivity contribution in [2.45, 2.75) is 68.7 Å². The fourth-order valence-corrected chi connectivity index (χ4v) is 10.7. The number of ether oxygens (including phenoxy) is 3. The van der Waals surface area contributed by atoms with Gasteiger partial charge in [0.25, 0.3) is 0 Å². The Kier molecular flexibility index (Phi) is 4.56. The summed E-state index contributed by atoms with van der Waals surface area (Å²) in [5.74, 6) is -0.168. The van der Waals surface area contributed by atoms with Crippen molar-refractivity contribution >= 4 is 0 Å². The summed E-state index contributed by atoms with van der Waals surface area (Å²) in [6.45, 7) is 4.63. The highest BCUT2D eigenvalue weighted by Gasteiger charge is 2.86. The van der Waals surface area contributed by atoms with Crippen LogP contribution in [-0.4, -0.2) is 97.3 Å². The molecule has 1 saturated heterocycles. The second-order valence-electron chi connectivity index (χ2n) is 11.6. The third-order valence-electron chi connectivity index (χ3n) is 11.1. The molecular formula is C24H39NO6. The van der Waals surface area contributed by atoms with E-state index < -0.39 is 17.8 Å². The van der Waals surface area contributed by atoms with Gasteiger partial charge < -0.3 is 29.5 Å². The summed E-state index contributed by atoms with van der Waals surface area (Å²) in [6, 6.07) is 0.0561. The minimum absolute atomic E-state index is 0.0248. The number of fused-ring (bicyclic) bond motifs is 2. The van der Waals surface area contributed by atoms with Crippen molar-refractivity contribution in [2.24, 2.45) is 40.4 Å². The zero-order valence-corrected chi connectivity index (χ0v) is 19.2. The SMILES string of the molecule is CCN1C[C@@]2(COC)CC[C@H](O)[C@@]34[C@@H]5C[C@@H]6[C@@H](O)[C@@H]5[C@@](O)(C[C@H]6OC)[C@@H]([C@H](OC)[C@@H]23)[C@@H]14. The van der Waals surface area contributed by atoms with Gasteiger partial charge in [0.15, 0.2) is 0 Å². The van der Waals surface area contributed by atoms with Crippen LogP contribution in [0.15, 0.2) is 0 Å². The molecule has 13 atom stereocenters. The summed E-state index contributed by atoms with van der Waals surface area (Å²) in [4.78, 5) is 2.52. The first-order valence-electron chi connectivity index (χ1n) is 12.2. The summed E-state index contributed by atoms with van der Waals surface area (Å²) in [5.41, 5.74) is -1.54. The van der Waals surface area contributed by atoms with Crippen LogP contribution in [0.5, 0.6) is 0 Å². The van der Waals surface area contributed by atoms with Crippen molar-refractivity contribution in [3.8, 4) is 0 Å². The second kappa shape index (κ2) is 6.65. The van der Waals surface area contributed by atoms with E-state index >= 15 is 0 Å². The zero-order valence-electron chi connectivity index (χ0n) is 19.2. The molecule has 31 heavy (non-hydrogen) atoms. The fraction of sp³-hybridized carbons (Fsp3) is 1.00. The Morgan fingerprint density at radius 1 is 1.10 bits per heavy atom. The molecule has 7 heteroatoms. The molecule has 1 heterocycles. The molecule has 5 aliphatic carbocycles. The molecular weight excluding hydrogens is 398 g/mol. The first-order chi connectivity index (χ1) is 14.9. The summed E-state index contributed by atoms with van der Waals surface area (Å²) in [7, 11) is 5.24. The molecule has 7 bridgehead atoms. The van der Waals surface area contributed by atoms with Crippen molar-refractivity contribution in [2.75, 3.05) is 41.0 Å². The van der Waals surface area contributed by atoms with Crippen LogP contribution in [0.25, 0.3) is 0 Å². The number of aliphatic hydroxyl groups is 3. The molecule has 0 aromatic carbocycles.